The second-order valence-corrected chi connectivity index (χ2v) is 5.48. The van der Waals surface area contributed by atoms with Gasteiger partial charge in [0, 0.05) is 11.7 Å². The summed E-state index contributed by atoms with van der Waals surface area (Å²) in [5.74, 6) is 4.17. The third-order valence-electron chi connectivity index (χ3n) is 2.56. The summed E-state index contributed by atoms with van der Waals surface area (Å²) >= 11 is 8.08. The fourth-order valence-corrected chi connectivity index (χ4v) is 3.17. The molecule has 1 aromatic rings. The fraction of sp³-hybridized carbons (Fsp3) is 0.800. The van der Waals surface area contributed by atoms with Crippen LogP contribution in [-0.2, 0) is 0 Å². The minimum Gasteiger partial charge on any atom is -0.339 e. The third-order valence-corrected chi connectivity index (χ3v) is 4.13. The van der Waals surface area contributed by atoms with Crippen LogP contribution < -0.4 is 0 Å². The lowest BCUT2D eigenvalue weighted by atomic mass is 10.1. The van der Waals surface area contributed by atoms with Crippen molar-refractivity contribution in [1.29, 1.82) is 0 Å². The van der Waals surface area contributed by atoms with Crippen molar-refractivity contribution in [2.24, 2.45) is 0 Å². The first-order chi connectivity index (χ1) is 7.31. The van der Waals surface area contributed by atoms with E-state index in [1.54, 1.807) is 0 Å². The maximum atomic E-state index is 6.14. The Balaban J connectivity index is 2.02. The van der Waals surface area contributed by atoms with Crippen LogP contribution in [0.1, 0.15) is 49.2 Å². The molecule has 5 heteroatoms. The molecule has 0 bridgehead atoms. The second kappa shape index (κ2) is 5.21. The van der Waals surface area contributed by atoms with Crippen LogP contribution >= 0.6 is 23.4 Å². The summed E-state index contributed by atoms with van der Waals surface area (Å²) in [5.41, 5.74) is 0. The highest BCUT2D eigenvalue weighted by atomic mass is 35.5. The maximum Gasteiger partial charge on any atom is 0.230 e. The van der Waals surface area contributed by atoms with Crippen molar-refractivity contribution in [2.45, 2.75) is 37.5 Å². The molecule has 15 heavy (non-hydrogen) atoms. The van der Waals surface area contributed by atoms with Crippen molar-refractivity contribution in [2.75, 3.05) is 11.5 Å². The fourth-order valence-electron chi connectivity index (χ4n) is 1.65. The zero-order valence-electron chi connectivity index (χ0n) is 8.78. The predicted octanol–water partition coefficient (Wildman–Crippen LogP) is 3.37. The summed E-state index contributed by atoms with van der Waals surface area (Å²) in [4.78, 5) is 4.39. The van der Waals surface area contributed by atoms with Crippen LogP contribution in [-0.4, -0.2) is 21.6 Å². The van der Waals surface area contributed by atoms with Gasteiger partial charge in [0.15, 0.2) is 5.82 Å². The summed E-state index contributed by atoms with van der Waals surface area (Å²) in [7, 11) is 0. The lowest BCUT2D eigenvalue weighted by Crippen LogP contribution is -1.98. The third kappa shape index (κ3) is 2.67. The Labute approximate surface area is 99.0 Å². The second-order valence-electron chi connectivity index (χ2n) is 3.81. The Bertz CT molecular complexity index is 312. The Morgan fingerprint density at radius 2 is 2.53 bits per heavy atom. The Morgan fingerprint density at radius 3 is 3.20 bits per heavy atom. The molecule has 1 aliphatic heterocycles. The van der Waals surface area contributed by atoms with E-state index >= 15 is 0 Å². The Kier molecular flexibility index (Phi) is 3.92. The molecule has 2 unspecified atom stereocenters. The quantitative estimate of drug-likeness (QED) is 0.764. The van der Waals surface area contributed by atoms with Crippen LogP contribution in [0.4, 0.5) is 0 Å². The molecule has 0 radical (unpaired) electrons. The van der Waals surface area contributed by atoms with Crippen molar-refractivity contribution in [3.8, 4) is 0 Å². The molecule has 0 amide bonds. The van der Waals surface area contributed by atoms with E-state index in [9.17, 15) is 0 Å². The van der Waals surface area contributed by atoms with Gasteiger partial charge in [-0.1, -0.05) is 18.5 Å². The molecule has 84 valence electrons. The van der Waals surface area contributed by atoms with Crippen molar-refractivity contribution in [3.05, 3.63) is 11.7 Å². The van der Waals surface area contributed by atoms with Crippen LogP contribution in [0.25, 0.3) is 0 Å². The minimum absolute atomic E-state index is 0.0958. The maximum absolute atomic E-state index is 6.14. The van der Waals surface area contributed by atoms with Crippen molar-refractivity contribution in [1.82, 2.24) is 10.1 Å². The zero-order chi connectivity index (χ0) is 10.7. The van der Waals surface area contributed by atoms with E-state index in [-0.39, 0.29) is 5.38 Å². The van der Waals surface area contributed by atoms with E-state index in [4.69, 9.17) is 16.1 Å². The number of halogens is 1. The molecule has 1 saturated heterocycles. The van der Waals surface area contributed by atoms with Gasteiger partial charge in [-0.2, -0.15) is 16.7 Å². The van der Waals surface area contributed by atoms with Crippen LogP contribution in [0.2, 0.25) is 0 Å². The first-order valence-corrected chi connectivity index (χ1v) is 6.95. The van der Waals surface area contributed by atoms with Gasteiger partial charge in [0.05, 0.1) is 5.38 Å². The summed E-state index contributed by atoms with van der Waals surface area (Å²) in [5, 5.41) is 3.86. The topological polar surface area (TPSA) is 38.9 Å². The number of hydrogen-bond acceptors (Lipinski definition) is 4. The van der Waals surface area contributed by atoms with Gasteiger partial charge in [-0.3, -0.25) is 0 Å². The highest BCUT2D eigenvalue weighted by Gasteiger charge is 2.24. The van der Waals surface area contributed by atoms with Gasteiger partial charge in [0.25, 0.3) is 0 Å². The average molecular weight is 247 g/mol. The number of aromatic nitrogens is 2. The molecule has 2 atom stereocenters. The first kappa shape index (κ1) is 11.3. The Hall–Kier alpha value is -0.220. The summed E-state index contributed by atoms with van der Waals surface area (Å²) in [6.45, 7) is 2.10. The molecule has 0 saturated carbocycles. The van der Waals surface area contributed by atoms with Crippen molar-refractivity contribution in [3.63, 3.8) is 0 Å². The van der Waals surface area contributed by atoms with Gasteiger partial charge in [0.2, 0.25) is 5.89 Å². The van der Waals surface area contributed by atoms with E-state index in [1.165, 1.54) is 5.75 Å². The van der Waals surface area contributed by atoms with Gasteiger partial charge in [-0.15, -0.1) is 11.6 Å². The number of hydrogen-bond donors (Lipinski definition) is 0. The molecule has 2 heterocycles. The van der Waals surface area contributed by atoms with Crippen molar-refractivity contribution < 1.29 is 4.52 Å². The van der Waals surface area contributed by atoms with Gasteiger partial charge in [0.1, 0.15) is 0 Å². The molecule has 0 spiro atoms. The molecule has 0 aliphatic carbocycles. The van der Waals surface area contributed by atoms with E-state index in [1.807, 2.05) is 11.8 Å². The number of nitrogens with zero attached hydrogens (tertiary/aromatic N) is 2. The molecule has 1 aromatic heterocycles. The molecule has 0 aromatic carbocycles. The van der Waals surface area contributed by atoms with Gasteiger partial charge in [-0.05, 0) is 18.6 Å². The van der Waals surface area contributed by atoms with Crippen LogP contribution in [0.3, 0.4) is 0 Å². The standard InChI is InChI=1S/C10H15ClN2OS/c1-2-3-8(11)9-12-10(14-13-9)7-4-5-15-6-7/h7-8H,2-6H2,1H3. The van der Waals surface area contributed by atoms with E-state index in [0.29, 0.717) is 11.7 Å². The smallest absolute Gasteiger partial charge is 0.230 e. The predicted molar refractivity (Wildman–Crippen MR) is 62.5 cm³/mol. The summed E-state index contributed by atoms with van der Waals surface area (Å²) < 4.78 is 5.26. The van der Waals surface area contributed by atoms with Gasteiger partial charge in [-0.25, -0.2) is 0 Å². The largest absolute Gasteiger partial charge is 0.339 e. The van der Waals surface area contributed by atoms with Crippen LogP contribution in [0.5, 0.6) is 0 Å². The normalized spacial score (nSPS) is 23.2. The van der Waals surface area contributed by atoms with Crippen molar-refractivity contribution >= 4 is 23.4 Å². The van der Waals surface area contributed by atoms with E-state index < -0.39 is 0 Å². The molecule has 0 N–H and O–H groups in total. The lowest BCUT2D eigenvalue weighted by molar-refractivity contribution is 0.356. The Morgan fingerprint density at radius 1 is 1.67 bits per heavy atom. The van der Waals surface area contributed by atoms with E-state index in [0.717, 1.165) is 30.9 Å². The number of alkyl halides is 1. The summed E-state index contributed by atoms with van der Waals surface area (Å²) in [6.07, 6.45) is 3.09. The van der Waals surface area contributed by atoms with Crippen LogP contribution in [0.15, 0.2) is 4.52 Å². The molecule has 1 fully saturated rings. The monoisotopic (exact) mass is 246 g/mol. The number of thioether (sulfide) groups is 1. The molecular formula is C10H15ClN2OS. The van der Waals surface area contributed by atoms with E-state index in [2.05, 4.69) is 17.1 Å². The lowest BCUT2D eigenvalue weighted by Gasteiger charge is -2.01. The molecule has 2 rings (SSSR count). The van der Waals surface area contributed by atoms with Gasteiger partial charge >= 0.3 is 0 Å². The van der Waals surface area contributed by atoms with Gasteiger partial charge < -0.3 is 4.52 Å². The number of rotatable bonds is 4. The molecule has 3 nitrogen and oxygen atoms in total. The highest BCUT2D eigenvalue weighted by Crippen LogP contribution is 2.32. The first-order valence-electron chi connectivity index (χ1n) is 5.36. The SMILES string of the molecule is CCCC(Cl)c1noc(C2CCSC2)n1. The zero-order valence-corrected chi connectivity index (χ0v) is 10.4. The summed E-state index contributed by atoms with van der Waals surface area (Å²) in [6, 6.07) is 0. The minimum atomic E-state index is -0.0958. The van der Waals surface area contributed by atoms with Crippen LogP contribution in [0, 0.1) is 0 Å². The molecule has 1 aliphatic rings. The average Bonchev–Trinajstić information content (AvgIpc) is 2.89. The highest BCUT2D eigenvalue weighted by molar-refractivity contribution is 7.99. The molecular weight excluding hydrogens is 232 g/mol.